The van der Waals surface area contributed by atoms with Crippen LogP contribution in [0.4, 0.5) is 0 Å². The Hall–Kier alpha value is -1.94. The Morgan fingerprint density at radius 3 is 2.73 bits per heavy atom. The van der Waals surface area contributed by atoms with Crippen LogP contribution in [-0.2, 0) is 14.3 Å². The second-order valence-corrected chi connectivity index (χ2v) is 7.16. The Labute approximate surface area is 155 Å². The number of hydrogen-bond donors (Lipinski definition) is 1. The molecule has 3 rings (SSSR count). The highest BCUT2D eigenvalue weighted by molar-refractivity contribution is 5.86. The minimum Gasteiger partial charge on any atom is -0.383 e. The first-order valence-electron chi connectivity index (χ1n) is 9.25. The van der Waals surface area contributed by atoms with Crippen LogP contribution in [0.25, 0.3) is 0 Å². The van der Waals surface area contributed by atoms with Crippen LogP contribution in [0.1, 0.15) is 24.3 Å². The van der Waals surface area contributed by atoms with Gasteiger partial charge in [0.25, 0.3) is 0 Å². The molecule has 2 aliphatic rings. The first-order chi connectivity index (χ1) is 12.7. The molecule has 2 heterocycles. The molecule has 1 aromatic rings. The fourth-order valence-corrected chi connectivity index (χ4v) is 3.89. The SMILES string of the molecule is COCCN1C[C@H](NC(=O)C2(C#N)CCOCC2)[C@@H](c2ccccc2)C1. The maximum Gasteiger partial charge on any atom is 0.240 e. The number of benzene rings is 1. The Balaban J connectivity index is 1.74. The van der Waals surface area contributed by atoms with Gasteiger partial charge >= 0.3 is 0 Å². The summed E-state index contributed by atoms with van der Waals surface area (Å²) in [6, 6.07) is 12.5. The highest BCUT2D eigenvalue weighted by atomic mass is 16.5. The fraction of sp³-hybridized carbons (Fsp3) is 0.600. The summed E-state index contributed by atoms with van der Waals surface area (Å²) in [6.45, 7) is 4.08. The predicted molar refractivity (Wildman–Crippen MR) is 97.5 cm³/mol. The van der Waals surface area contributed by atoms with Gasteiger partial charge in [-0.15, -0.1) is 0 Å². The molecular weight excluding hydrogens is 330 g/mol. The fourth-order valence-electron chi connectivity index (χ4n) is 3.89. The van der Waals surface area contributed by atoms with Crippen molar-refractivity contribution in [1.82, 2.24) is 10.2 Å². The molecule has 0 saturated carbocycles. The summed E-state index contributed by atoms with van der Waals surface area (Å²) in [7, 11) is 1.70. The monoisotopic (exact) mass is 357 g/mol. The molecule has 26 heavy (non-hydrogen) atoms. The molecule has 1 amide bonds. The summed E-state index contributed by atoms with van der Waals surface area (Å²) in [5.41, 5.74) is 0.259. The van der Waals surface area contributed by atoms with Crippen LogP contribution in [0.3, 0.4) is 0 Å². The molecule has 2 aliphatic heterocycles. The Kier molecular flexibility index (Phi) is 6.25. The smallest absolute Gasteiger partial charge is 0.240 e. The number of likely N-dealkylation sites (tertiary alicyclic amines) is 1. The van der Waals surface area contributed by atoms with Gasteiger partial charge in [0.1, 0.15) is 5.41 Å². The molecule has 6 heteroatoms. The summed E-state index contributed by atoms with van der Waals surface area (Å²) in [6.07, 6.45) is 0.927. The third-order valence-electron chi connectivity index (χ3n) is 5.55. The number of carbonyl (C=O) groups is 1. The molecule has 2 fully saturated rings. The van der Waals surface area contributed by atoms with Crippen molar-refractivity contribution in [2.24, 2.45) is 5.41 Å². The third kappa shape index (κ3) is 4.07. The average molecular weight is 357 g/mol. The van der Waals surface area contributed by atoms with Crippen molar-refractivity contribution in [2.75, 3.05) is 46.6 Å². The molecule has 2 saturated heterocycles. The van der Waals surface area contributed by atoms with E-state index in [0.717, 1.165) is 19.6 Å². The van der Waals surface area contributed by atoms with E-state index in [1.165, 1.54) is 5.56 Å². The first-order valence-corrected chi connectivity index (χ1v) is 9.25. The van der Waals surface area contributed by atoms with Crippen LogP contribution >= 0.6 is 0 Å². The van der Waals surface area contributed by atoms with Crippen LogP contribution in [0.2, 0.25) is 0 Å². The lowest BCUT2D eigenvalue weighted by molar-refractivity contribution is -0.133. The van der Waals surface area contributed by atoms with E-state index >= 15 is 0 Å². The van der Waals surface area contributed by atoms with E-state index in [4.69, 9.17) is 9.47 Å². The van der Waals surface area contributed by atoms with E-state index in [2.05, 4.69) is 28.4 Å². The van der Waals surface area contributed by atoms with Crippen molar-refractivity contribution in [2.45, 2.75) is 24.8 Å². The number of nitrogens with one attached hydrogen (secondary N) is 1. The largest absolute Gasteiger partial charge is 0.383 e. The lowest BCUT2D eigenvalue weighted by Gasteiger charge is -2.31. The summed E-state index contributed by atoms with van der Waals surface area (Å²) >= 11 is 0. The average Bonchev–Trinajstić information content (AvgIpc) is 3.10. The van der Waals surface area contributed by atoms with Crippen molar-refractivity contribution < 1.29 is 14.3 Å². The van der Waals surface area contributed by atoms with Crippen molar-refractivity contribution in [3.8, 4) is 6.07 Å². The number of carbonyl (C=O) groups excluding carboxylic acids is 1. The van der Waals surface area contributed by atoms with Gasteiger partial charge in [-0.3, -0.25) is 9.69 Å². The molecule has 2 atom stereocenters. The second kappa shape index (κ2) is 8.63. The third-order valence-corrected chi connectivity index (χ3v) is 5.55. The summed E-state index contributed by atoms with van der Waals surface area (Å²) in [5, 5.41) is 12.8. The molecule has 140 valence electrons. The summed E-state index contributed by atoms with van der Waals surface area (Å²) in [5.74, 6) is 0.0652. The van der Waals surface area contributed by atoms with Gasteiger partial charge in [-0.1, -0.05) is 30.3 Å². The summed E-state index contributed by atoms with van der Waals surface area (Å²) in [4.78, 5) is 15.3. The molecule has 0 unspecified atom stereocenters. The van der Waals surface area contributed by atoms with E-state index in [1.807, 2.05) is 18.2 Å². The zero-order valence-electron chi connectivity index (χ0n) is 15.3. The normalized spacial score (nSPS) is 25.5. The van der Waals surface area contributed by atoms with Crippen LogP contribution in [0, 0.1) is 16.7 Å². The molecule has 0 radical (unpaired) electrons. The van der Waals surface area contributed by atoms with Crippen molar-refractivity contribution in [1.29, 1.82) is 5.26 Å². The van der Waals surface area contributed by atoms with E-state index in [-0.39, 0.29) is 17.9 Å². The first kappa shape index (κ1) is 18.8. The van der Waals surface area contributed by atoms with Gasteiger partial charge in [0.15, 0.2) is 0 Å². The Bertz CT molecular complexity index is 637. The van der Waals surface area contributed by atoms with Gasteiger partial charge in [0.05, 0.1) is 12.7 Å². The predicted octanol–water partition coefficient (Wildman–Crippen LogP) is 1.54. The standard InChI is InChI=1S/C20H27N3O3/c1-25-12-9-23-13-17(16-5-3-2-4-6-16)18(14-23)22-19(24)20(15-21)7-10-26-11-8-20/h2-6,17-18H,7-14H2,1H3,(H,22,24)/t17-,18+/m1/s1. The lowest BCUT2D eigenvalue weighted by Crippen LogP contribution is -2.49. The minimum atomic E-state index is -0.959. The number of nitrogens with zero attached hydrogens (tertiary/aromatic N) is 2. The zero-order chi connectivity index (χ0) is 18.4. The molecule has 0 aromatic heterocycles. The Morgan fingerprint density at radius 2 is 2.08 bits per heavy atom. The molecule has 0 spiro atoms. The molecule has 0 aliphatic carbocycles. The number of nitriles is 1. The minimum absolute atomic E-state index is 0.00479. The quantitative estimate of drug-likeness (QED) is 0.836. The molecule has 1 aromatic carbocycles. The highest BCUT2D eigenvalue weighted by Gasteiger charge is 2.43. The van der Waals surface area contributed by atoms with Crippen molar-refractivity contribution in [3.05, 3.63) is 35.9 Å². The van der Waals surface area contributed by atoms with E-state index < -0.39 is 5.41 Å². The topological polar surface area (TPSA) is 74.6 Å². The second-order valence-electron chi connectivity index (χ2n) is 7.16. The maximum atomic E-state index is 13.0. The number of rotatable bonds is 6. The van der Waals surface area contributed by atoms with E-state index in [1.54, 1.807) is 7.11 Å². The van der Waals surface area contributed by atoms with Crippen LogP contribution in [0.15, 0.2) is 30.3 Å². The number of ether oxygens (including phenoxy) is 2. The zero-order valence-corrected chi connectivity index (χ0v) is 15.3. The van der Waals surface area contributed by atoms with E-state index in [0.29, 0.717) is 32.7 Å². The van der Waals surface area contributed by atoms with Gasteiger partial charge in [-0.05, 0) is 18.4 Å². The lowest BCUT2D eigenvalue weighted by atomic mass is 9.80. The van der Waals surface area contributed by atoms with Gasteiger partial charge in [-0.2, -0.15) is 5.26 Å². The number of methoxy groups -OCH3 is 1. The summed E-state index contributed by atoms with van der Waals surface area (Å²) < 4.78 is 10.5. The van der Waals surface area contributed by atoms with Gasteiger partial charge in [0, 0.05) is 51.9 Å². The maximum absolute atomic E-state index is 13.0. The van der Waals surface area contributed by atoms with Gasteiger partial charge < -0.3 is 14.8 Å². The molecular formula is C20H27N3O3. The Morgan fingerprint density at radius 1 is 1.35 bits per heavy atom. The van der Waals surface area contributed by atoms with Crippen LogP contribution in [-0.4, -0.2) is 63.4 Å². The molecule has 0 bridgehead atoms. The van der Waals surface area contributed by atoms with Crippen LogP contribution < -0.4 is 5.32 Å². The van der Waals surface area contributed by atoms with Crippen molar-refractivity contribution >= 4 is 5.91 Å². The van der Waals surface area contributed by atoms with Gasteiger partial charge in [-0.25, -0.2) is 0 Å². The van der Waals surface area contributed by atoms with Gasteiger partial charge in [0.2, 0.25) is 5.91 Å². The number of amides is 1. The molecule has 6 nitrogen and oxygen atoms in total. The van der Waals surface area contributed by atoms with E-state index in [9.17, 15) is 10.1 Å². The van der Waals surface area contributed by atoms with Crippen LogP contribution in [0.5, 0.6) is 0 Å². The number of hydrogen-bond acceptors (Lipinski definition) is 5. The highest BCUT2D eigenvalue weighted by Crippen LogP contribution is 2.32. The van der Waals surface area contributed by atoms with Crippen molar-refractivity contribution in [3.63, 3.8) is 0 Å². The molecule has 1 N–H and O–H groups in total.